The molecule has 1 aromatic heterocycles. The number of rotatable bonds is 5. The second-order valence-electron chi connectivity index (χ2n) is 6.70. The Bertz CT molecular complexity index is 510. The van der Waals surface area contributed by atoms with E-state index in [1.807, 2.05) is 33.3 Å². The number of hydrogen-bond donors (Lipinski definition) is 1. The first-order chi connectivity index (χ1) is 10.9. The van der Waals surface area contributed by atoms with Gasteiger partial charge in [0.15, 0.2) is 0 Å². The Labute approximate surface area is 138 Å². The van der Waals surface area contributed by atoms with Crippen molar-refractivity contribution in [2.75, 3.05) is 26.3 Å². The fourth-order valence-corrected chi connectivity index (χ4v) is 2.53. The van der Waals surface area contributed by atoms with Crippen molar-refractivity contribution in [3.8, 4) is 0 Å². The summed E-state index contributed by atoms with van der Waals surface area (Å²) in [6.07, 6.45) is 3.42. The normalized spacial score (nSPS) is 19.0. The van der Waals surface area contributed by atoms with Crippen LogP contribution in [0, 0.1) is 0 Å². The average molecular weight is 324 g/mol. The van der Waals surface area contributed by atoms with Gasteiger partial charge in [-0.05, 0) is 27.7 Å². The van der Waals surface area contributed by atoms with Gasteiger partial charge in [0.25, 0.3) is 0 Å². The zero-order valence-corrected chi connectivity index (χ0v) is 14.5. The summed E-state index contributed by atoms with van der Waals surface area (Å²) in [6, 6.07) is -0.0170. The first kappa shape index (κ1) is 17.7. The number of nitrogens with zero attached hydrogens (tertiary/aromatic N) is 3. The third kappa shape index (κ3) is 5.21. The van der Waals surface area contributed by atoms with E-state index in [1.165, 1.54) is 0 Å². The van der Waals surface area contributed by atoms with Crippen LogP contribution < -0.4 is 5.32 Å². The van der Waals surface area contributed by atoms with Crippen molar-refractivity contribution in [3.05, 3.63) is 18.2 Å². The molecule has 0 bridgehead atoms. The van der Waals surface area contributed by atoms with Gasteiger partial charge >= 0.3 is 6.09 Å². The highest BCUT2D eigenvalue weighted by molar-refractivity contribution is 5.68. The average Bonchev–Trinajstić information content (AvgIpc) is 2.93. The zero-order valence-electron chi connectivity index (χ0n) is 14.5. The van der Waals surface area contributed by atoms with Gasteiger partial charge in [-0.1, -0.05) is 0 Å². The molecule has 130 valence electrons. The Kier molecular flexibility index (Phi) is 6.01. The molecule has 2 rings (SSSR count). The number of nitrogens with one attached hydrogen (secondary N) is 1. The topological polar surface area (TPSA) is 68.6 Å². The minimum absolute atomic E-state index is 0.0170. The molecule has 1 saturated heterocycles. The number of ether oxygens (including phenoxy) is 2. The van der Waals surface area contributed by atoms with Crippen LogP contribution in [0.5, 0.6) is 0 Å². The third-order valence-corrected chi connectivity index (χ3v) is 3.68. The second-order valence-corrected chi connectivity index (χ2v) is 6.70. The molecule has 0 aromatic carbocycles. The molecule has 1 atom stereocenters. The Morgan fingerprint density at radius 3 is 3.00 bits per heavy atom. The molecule has 1 aliphatic heterocycles. The number of imidazole rings is 1. The number of aryl methyl sites for hydroxylation is 1. The molecular weight excluding hydrogens is 296 g/mol. The van der Waals surface area contributed by atoms with Crippen molar-refractivity contribution < 1.29 is 14.3 Å². The van der Waals surface area contributed by atoms with Crippen LogP contribution >= 0.6 is 0 Å². The molecule has 1 fully saturated rings. The standard InChI is InChI=1S/C16H28N4O3/c1-5-19-12-18-9-13(19)8-17-10-14-11-22-7-6-20(14)15(21)23-16(2,3)4/h9,12,14,17H,5-8,10-11H2,1-4H3. The minimum Gasteiger partial charge on any atom is -0.444 e. The van der Waals surface area contributed by atoms with Crippen LogP contribution in [0.3, 0.4) is 0 Å². The molecule has 1 unspecified atom stereocenters. The van der Waals surface area contributed by atoms with Crippen LogP contribution in [0.2, 0.25) is 0 Å². The molecule has 1 aliphatic rings. The quantitative estimate of drug-likeness (QED) is 0.891. The summed E-state index contributed by atoms with van der Waals surface area (Å²) in [6.45, 7) is 11.6. The van der Waals surface area contributed by atoms with Gasteiger partial charge in [-0.15, -0.1) is 0 Å². The lowest BCUT2D eigenvalue weighted by molar-refractivity contribution is -0.0317. The number of aromatic nitrogens is 2. The van der Waals surface area contributed by atoms with Crippen molar-refractivity contribution in [3.63, 3.8) is 0 Å². The fourth-order valence-electron chi connectivity index (χ4n) is 2.53. The van der Waals surface area contributed by atoms with Crippen LogP contribution in [0.1, 0.15) is 33.4 Å². The highest BCUT2D eigenvalue weighted by Gasteiger charge is 2.30. The van der Waals surface area contributed by atoms with Gasteiger partial charge in [-0.25, -0.2) is 9.78 Å². The van der Waals surface area contributed by atoms with Crippen LogP contribution in [-0.2, 0) is 22.6 Å². The van der Waals surface area contributed by atoms with E-state index in [-0.39, 0.29) is 12.1 Å². The number of carbonyl (C=O) groups excluding carboxylic acids is 1. The molecule has 0 aliphatic carbocycles. The van der Waals surface area contributed by atoms with Crippen molar-refractivity contribution in [1.82, 2.24) is 19.8 Å². The summed E-state index contributed by atoms with van der Waals surface area (Å²) in [4.78, 5) is 18.2. The molecule has 0 spiro atoms. The number of amides is 1. The molecule has 7 heteroatoms. The van der Waals surface area contributed by atoms with Gasteiger partial charge in [0.1, 0.15) is 5.60 Å². The third-order valence-electron chi connectivity index (χ3n) is 3.68. The van der Waals surface area contributed by atoms with Crippen LogP contribution in [0.4, 0.5) is 4.79 Å². The van der Waals surface area contributed by atoms with E-state index in [9.17, 15) is 4.79 Å². The monoisotopic (exact) mass is 324 g/mol. The molecule has 2 heterocycles. The summed E-state index contributed by atoms with van der Waals surface area (Å²) in [5, 5.41) is 3.39. The second kappa shape index (κ2) is 7.79. The van der Waals surface area contributed by atoms with Gasteiger partial charge in [-0.2, -0.15) is 0 Å². The lowest BCUT2D eigenvalue weighted by atomic mass is 10.2. The van der Waals surface area contributed by atoms with E-state index in [0.717, 1.165) is 12.2 Å². The predicted octanol–water partition coefficient (Wildman–Crippen LogP) is 1.63. The van der Waals surface area contributed by atoms with Crippen LogP contribution in [-0.4, -0.2) is 58.5 Å². The molecule has 1 aromatic rings. The molecule has 23 heavy (non-hydrogen) atoms. The minimum atomic E-state index is -0.485. The van der Waals surface area contributed by atoms with Crippen molar-refractivity contribution in [2.45, 2.75) is 52.4 Å². The maximum absolute atomic E-state index is 12.3. The molecule has 0 saturated carbocycles. The van der Waals surface area contributed by atoms with Gasteiger partial charge in [0.05, 0.1) is 31.3 Å². The number of morpholine rings is 1. The Morgan fingerprint density at radius 1 is 1.52 bits per heavy atom. The lowest BCUT2D eigenvalue weighted by Crippen LogP contribution is -2.54. The van der Waals surface area contributed by atoms with E-state index in [1.54, 1.807) is 4.90 Å². The van der Waals surface area contributed by atoms with Gasteiger partial charge in [-0.3, -0.25) is 4.90 Å². The Hall–Kier alpha value is -1.60. The summed E-state index contributed by atoms with van der Waals surface area (Å²) in [5.74, 6) is 0. The largest absolute Gasteiger partial charge is 0.444 e. The molecule has 1 amide bonds. The van der Waals surface area contributed by atoms with Crippen LogP contribution in [0.25, 0.3) is 0 Å². The number of carbonyl (C=O) groups is 1. The van der Waals surface area contributed by atoms with Crippen molar-refractivity contribution in [1.29, 1.82) is 0 Å². The maximum atomic E-state index is 12.3. The van der Waals surface area contributed by atoms with Gasteiger partial charge in [0.2, 0.25) is 0 Å². The van der Waals surface area contributed by atoms with Crippen molar-refractivity contribution in [2.24, 2.45) is 0 Å². The maximum Gasteiger partial charge on any atom is 0.410 e. The van der Waals surface area contributed by atoms with Gasteiger partial charge < -0.3 is 19.4 Å². The summed E-state index contributed by atoms with van der Waals surface area (Å²) >= 11 is 0. The van der Waals surface area contributed by atoms with Crippen LogP contribution in [0.15, 0.2) is 12.5 Å². The molecule has 1 N–H and O–H groups in total. The Morgan fingerprint density at radius 2 is 2.30 bits per heavy atom. The van der Waals surface area contributed by atoms with E-state index in [0.29, 0.717) is 32.8 Å². The molecule has 0 radical (unpaired) electrons. The summed E-state index contributed by atoms with van der Waals surface area (Å²) in [7, 11) is 0. The lowest BCUT2D eigenvalue weighted by Gasteiger charge is -2.36. The zero-order chi connectivity index (χ0) is 16.9. The van der Waals surface area contributed by atoms with E-state index >= 15 is 0 Å². The molecule has 7 nitrogen and oxygen atoms in total. The SMILES string of the molecule is CCn1cncc1CNCC1COCCN1C(=O)OC(C)(C)C. The van der Waals surface area contributed by atoms with E-state index in [4.69, 9.17) is 9.47 Å². The fraction of sp³-hybridized carbons (Fsp3) is 0.750. The van der Waals surface area contributed by atoms with Crippen molar-refractivity contribution >= 4 is 6.09 Å². The van der Waals surface area contributed by atoms with Gasteiger partial charge in [0, 0.05) is 32.4 Å². The van der Waals surface area contributed by atoms with E-state index in [2.05, 4.69) is 21.8 Å². The molecular formula is C16H28N4O3. The number of hydrogen-bond acceptors (Lipinski definition) is 5. The smallest absolute Gasteiger partial charge is 0.410 e. The summed E-state index contributed by atoms with van der Waals surface area (Å²) in [5.41, 5.74) is 0.647. The Balaban J connectivity index is 1.87. The first-order valence-electron chi connectivity index (χ1n) is 8.18. The van der Waals surface area contributed by atoms with E-state index < -0.39 is 5.60 Å². The summed E-state index contributed by atoms with van der Waals surface area (Å²) < 4.78 is 13.1. The first-order valence-corrected chi connectivity index (χ1v) is 8.18. The highest BCUT2D eigenvalue weighted by atomic mass is 16.6. The predicted molar refractivity (Wildman–Crippen MR) is 87.2 cm³/mol. The highest BCUT2D eigenvalue weighted by Crippen LogP contribution is 2.14.